The third-order valence-electron chi connectivity index (χ3n) is 8.71. The van der Waals surface area contributed by atoms with Crippen molar-refractivity contribution in [2.45, 2.75) is 4.90 Å². The summed E-state index contributed by atoms with van der Waals surface area (Å²) in [5.41, 5.74) is -13.9. The molecule has 5 aromatic rings. The Morgan fingerprint density at radius 3 is 0.885 bits per heavy atom. The van der Waals surface area contributed by atoms with E-state index in [-0.39, 0.29) is 21.6 Å². The summed E-state index contributed by atoms with van der Waals surface area (Å²) < 4.78 is 317. The zero-order chi connectivity index (χ0) is 46.7. The Bertz CT molecular complexity index is 2380. The molecule has 0 atom stereocenters. The first-order valence-corrected chi connectivity index (χ1v) is 19.7. The maximum Gasteiger partial charge on any atom is 0.211 e. The molecule has 0 aliphatic heterocycles. The zero-order valence-electron chi connectivity index (χ0n) is 29.7. The highest BCUT2D eigenvalue weighted by molar-refractivity contribution is 7.96. The molecule has 3 nitrogen and oxygen atoms in total. The number of hydrogen-bond donors (Lipinski definition) is 0. The van der Waals surface area contributed by atoms with Crippen molar-refractivity contribution < 1.29 is 101 Å². The van der Waals surface area contributed by atoms with Crippen molar-refractivity contribution in [3.05, 3.63) is 146 Å². The second-order valence-electron chi connectivity index (χ2n) is 12.7. The molecule has 5 aromatic carbocycles. The molecule has 0 fully saturated rings. The van der Waals surface area contributed by atoms with Gasteiger partial charge >= 0.3 is 0 Å². The van der Waals surface area contributed by atoms with Crippen LogP contribution in [0.15, 0.2) is 29.2 Å². The molecule has 0 aliphatic carbocycles. The van der Waals surface area contributed by atoms with E-state index in [9.17, 15) is 65.9 Å². The van der Waals surface area contributed by atoms with Crippen LogP contribution in [-0.2, 0) is 20.7 Å². The smallest absolute Gasteiger partial charge is 0.211 e. The molecule has 61 heavy (non-hydrogen) atoms. The first-order valence-electron chi connectivity index (χ1n) is 15.6. The SMILES string of the molecule is C[S+](C)CC(=O)c1cccc(S(C)(=O)=O)c1.Fc1c(F)c(F)c([B-](c2c(F)c(F)c(F)c(F)c2F)(c2c(F)c(F)c(F)c(F)c2F)c2c(F)c(F)c(F)c(F)c2F)c(F)c1F. The number of rotatable bonds is 8. The van der Waals surface area contributed by atoms with E-state index in [0.29, 0.717) is 11.3 Å². The van der Waals surface area contributed by atoms with E-state index < -0.39 is 154 Å². The summed E-state index contributed by atoms with van der Waals surface area (Å²) in [7, 11) is -3.21. The van der Waals surface area contributed by atoms with Crippen LogP contribution in [0.4, 0.5) is 87.8 Å². The van der Waals surface area contributed by atoms with Gasteiger partial charge in [-0.3, -0.25) is 4.79 Å². The van der Waals surface area contributed by atoms with Crippen LogP contribution in [0.1, 0.15) is 10.4 Å². The van der Waals surface area contributed by atoms with Crippen LogP contribution in [0.3, 0.4) is 0 Å². The van der Waals surface area contributed by atoms with Gasteiger partial charge in [-0.1, -0.05) is 12.1 Å². The summed E-state index contributed by atoms with van der Waals surface area (Å²) >= 11 is 0. The highest BCUT2D eigenvalue weighted by atomic mass is 32.2. The topological polar surface area (TPSA) is 51.2 Å². The minimum absolute atomic E-state index is 0.00108. The highest BCUT2D eigenvalue weighted by Crippen LogP contribution is 2.31. The number of carbonyl (C=O) groups is 1. The molecule has 0 spiro atoms. The van der Waals surface area contributed by atoms with E-state index in [1.807, 2.05) is 12.5 Å². The van der Waals surface area contributed by atoms with E-state index in [0.717, 1.165) is 6.26 Å². The summed E-state index contributed by atoms with van der Waals surface area (Å²) in [6.45, 7) is 0. The van der Waals surface area contributed by atoms with Gasteiger partial charge in [0.2, 0.25) is 5.78 Å². The molecular formula is C35H15BF20O3S2. The molecule has 0 heterocycles. The molecule has 328 valence electrons. The molecule has 0 amide bonds. The van der Waals surface area contributed by atoms with Crippen LogP contribution in [0, 0.1) is 116 Å². The van der Waals surface area contributed by atoms with Gasteiger partial charge in [-0.05, 0) is 23.0 Å². The van der Waals surface area contributed by atoms with Crippen molar-refractivity contribution in [2.24, 2.45) is 0 Å². The molecule has 0 N–H and O–H groups in total. The largest absolute Gasteiger partial charge is 0.289 e. The average molecular weight is 938 g/mol. The fraction of sp³-hybridized carbons (Fsp3) is 0.114. The number of carbonyl (C=O) groups excluding carboxylic acids is 1. The minimum Gasteiger partial charge on any atom is -0.289 e. The molecular weight excluding hydrogens is 923 g/mol. The van der Waals surface area contributed by atoms with Crippen LogP contribution < -0.4 is 21.9 Å². The summed E-state index contributed by atoms with van der Waals surface area (Å²) in [4.78, 5) is 11.9. The van der Waals surface area contributed by atoms with Crippen molar-refractivity contribution in [1.82, 2.24) is 0 Å². The summed E-state index contributed by atoms with van der Waals surface area (Å²) in [6, 6.07) is 6.21. The average Bonchev–Trinajstić information content (AvgIpc) is 3.20. The van der Waals surface area contributed by atoms with Gasteiger partial charge in [0.25, 0.3) is 0 Å². The van der Waals surface area contributed by atoms with Crippen LogP contribution in [-0.4, -0.2) is 44.9 Å². The molecule has 0 saturated carbocycles. The summed E-state index contributed by atoms with van der Waals surface area (Å²) in [6.07, 6.45) is -2.11. The van der Waals surface area contributed by atoms with Gasteiger partial charge < -0.3 is 0 Å². The van der Waals surface area contributed by atoms with E-state index in [2.05, 4.69) is 0 Å². The molecule has 0 radical (unpaired) electrons. The molecule has 5 rings (SSSR count). The van der Waals surface area contributed by atoms with Crippen molar-refractivity contribution in [3.8, 4) is 0 Å². The van der Waals surface area contributed by atoms with Crippen molar-refractivity contribution >= 4 is 54.5 Å². The molecule has 0 aliphatic rings. The van der Waals surface area contributed by atoms with Gasteiger partial charge in [-0.25, -0.2) is 96.2 Å². The number of sulfone groups is 1. The second-order valence-corrected chi connectivity index (χ2v) is 16.9. The van der Waals surface area contributed by atoms with E-state index in [1.54, 1.807) is 12.1 Å². The third-order valence-corrected chi connectivity index (χ3v) is 10.7. The van der Waals surface area contributed by atoms with Crippen LogP contribution >= 0.6 is 0 Å². The first kappa shape index (κ1) is 48.4. The van der Waals surface area contributed by atoms with Gasteiger partial charge in [0.15, 0.2) is 85.4 Å². The monoisotopic (exact) mass is 938 g/mol. The quantitative estimate of drug-likeness (QED) is 0.0421. The van der Waals surface area contributed by atoms with Gasteiger partial charge in [-0.2, -0.15) is 0 Å². The maximum atomic E-state index is 15.4. The number of ketones is 1. The Morgan fingerprint density at radius 1 is 0.443 bits per heavy atom. The number of halogens is 20. The Balaban J connectivity index is 0.000000430. The van der Waals surface area contributed by atoms with Crippen molar-refractivity contribution in [1.29, 1.82) is 0 Å². The molecule has 0 aromatic heterocycles. The van der Waals surface area contributed by atoms with E-state index in [1.165, 1.54) is 12.1 Å². The predicted octanol–water partition coefficient (Wildman–Crippen LogP) is 7.00. The fourth-order valence-corrected chi connectivity index (χ4v) is 7.48. The Kier molecular flexibility index (Phi) is 13.7. The summed E-state index contributed by atoms with van der Waals surface area (Å²) in [5, 5.41) is 0. The molecule has 0 bridgehead atoms. The lowest BCUT2D eigenvalue weighted by Gasteiger charge is -2.44. The van der Waals surface area contributed by atoms with Crippen molar-refractivity contribution in [3.63, 3.8) is 0 Å². The fourth-order valence-electron chi connectivity index (χ4n) is 6.12. The van der Waals surface area contributed by atoms with Crippen LogP contribution in [0.5, 0.6) is 0 Å². The Hall–Kier alpha value is -5.27. The standard InChI is InChI=1S/C24BF20.C11H15O3S2/c26-5-1(6(27)14(35)21(42)13(5)34)25(2-7(28)15(36)22(43)16(37)8(2)29,3-9(30)17(38)23(44)18(39)10(3)31)4-11(32)19(40)24(45)20(41)12(4)33;1-15(2)8-11(12)9-5-4-6-10(7-9)16(3,13)14/h;4-7H,8H2,1-3H3/q-1;+1. The lowest BCUT2D eigenvalue weighted by Crippen LogP contribution is -2.81. The normalized spacial score (nSPS) is 11.9. The second kappa shape index (κ2) is 17.2. The van der Waals surface area contributed by atoms with Crippen LogP contribution in [0.2, 0.25) is 0 Å². The highest BCUT2D eigenvalue weighted by Gasteiger charge is 2.52. The molecule has 0 saturated heterocycles. The maximum absolute atomic E-state index is 15.4. The predicted molar refractivity (Wildman–Crippen MR) is 177 cm³/mol. The number of hydrogen-bond acceptors (Lipinski definition) is 3. The van der Waals surface area contributed by atoms with Crippen molar-refractivity contribution in [2.75, 3.05) is 24.5 Å². The van der Waals surface area contributed by atoms with Gasteiger partial charge in [0.1, 0.15) is 52.7 Å². The number of Topliss-reactive ketones (excluding diaryl/α,β-unsaturated/α-hetero) is 1. The summed E-state index contributed by atoms with van der Waals surface area (Å²) in [5.74, 6) is -70.9. The first-order chi connectivity index (χ1) is 28.0. The van der Waals surface area contributed by atoms with Crippen LogP contribution in [0.25, 0.3) is 0 Å². The lowest BCUT2D eigenvalue weighted by molar-refractivity contribution is 0.102. The van der Waals surface area contributed by atoms with E-state index in [4.69, 9.17) is 0 Å². The molecule has 0 unspecified atom stereocenters. The molecule has 26 heteroatoms. The third kappa shape index (κ3) is 7.91. The Morgan fingerprint density at radius 2 is 0.672 bits per heavy atom. The van der Waals surface area contributed by atoms with Gasteiger partial charge in [-0.15, -0.1) is 21.9 Å². The van der Waals surface area contributed by atoms with Gasteiger partial charge in [0.05, 0.1) is 17.4 Å². The number of benzene rings is 5. The lowest BCUT2D eigenvalue weighted by atomic mass is 9.12. The minimum atomic E-state index is -7.22. The Labute approximate surface area is 330 Å². The van der Waals surface area contributed by atoms with E-state index >= 15 is 35.1 Å². The zero-order valence-corrected chi connectivity index (χ0v) is 31.3. The van der Waals surface area contributed by atoms with Gasteiger partial charge in [0, 0.05) is 11.8 Å².